The van der Waals surface area contributed by atoms with Crippen LogP contribution in [0.5, 0.6) is 0 Å². The van der Waals surface area contributed by atoms with E-state index in [1.165, 1.54) is 0 Å². The molecule has 0 atom stereocenters. The van der Waals surface area contributed by atoms with Gasteiger partial charge in [-0.3, -0.25) is 10.2 Å². The molecular formula is C7H7N3O. The number of aromatic nitrogens is 1. The predicted molar refractivity (Wildman–Crippen MR) is 42.4 cm³/mol. The normalized spacial score (nSPS) is 9.82. The van der Waals surface area contributed by atoms with Crippen LogP contribution in [0, 0.1) is 0 Å². The number of hydrogen-bond acceptors (Lipinski definition) is 4. The maximum atomic E-state index is 9.79. The summed E-state index contributed by atoms with van der Waals surface area (Å²) in [7, 11) is 0. The van der Waals surface area contributed by atoms with Gasteiger partial charge in [-0.25, -0.2) is 4.98 Å². The van der Waals surface area contributed by atoms with Crippen LogP contribution in [0.15, 0.2) is 29.5 Å². The second kappa shape index (κ2) is 4.16. The smallest absolute Gasteiger partial charge is 0.162 e. The van der Waals surface area contributed by atoms with E-state index in [1.807, 2.05) is 6.07 Å². The molecule has 0 fully saturated rings. The Morgan fingerprint density at radius 1 is 1.55 bits per heavy atom. The maximum absolute atomic E-state index is 9.79. The number of carbonyl (C=O) groups excluding carboxylic acids is 1. The molecule has 1 aromatic heterocycles. The highest BCUT2D eigenvalue weighted by Gasteiger charge is 1.83. The molecule has 56 valence electrons. The third-order valence-corrected chi connectivity index (χ3v) is 0.979. The highest BCUT2D eigenvalue weighted by molar-refractivity contribution is 6.13. The average molecular weight is 149 g/mol. The number of aldehydes is 1. The van der Waals surface area contributed by atoms with Crippen molar-refractivity contribution in [2.24, 2.45) is 5.10 Å². The van der Waals surface area contributed by atoms with Gasteiger partial charge < -0.3 is 0 Å². The van der Waals surface area contributed by atoms with Crippen LogP contribution < -0.4 is 5.43 Å². The van der Waals surface area contributed by atoms with E-state index in [0.29, 0.717) is 12.1 Å². The molecule has 4 nitrogen and oxygen atoms in total. The second-order valence-electron chi connectivity index (χ2n) is 1.74. The van der Waals surface area contributed by atoms with Gasteiger partial charge in [0.05, 0.1) is 6.21 Å². The molecule has 11 heavy (non-hydrogen) atoms. The molecule has 0 unspecified atom stereocenters. The van der Waals surface area contributed by atoms with E-state index >= 15 is 0 Å². The number of carbonyl (C=O) groups is 1. The summed E-state index contributed by atoms with van der Waals surface area (Å²) >= 11 is 0. The molecule has 0 saturated carbocycles. The van der Waals surface area contributed by atoms with Crippen LogP contribution >= 0.6 is 0 Å². The lowest BCUT2D eigenvalue weighted by Crippen LogP contribution is -1.91. The first kappa shape index (κ1) is 7.40. The molecule has 0 radical (unpaired) electrons. The van der Waals surface area contributed by atoms with E-state index in [-0.39, 0.29) is 0 Å². The van der Waals surface area contributed by atoms with Gasteiger partial charge in [-0.15, -0.1) is 0 Å². The van der Waals surface area contributed by atoms with Crippen LogP contribution in [0.25, 0.3) is 0 Å². The second-order valence-corrected chi connectivity index (χ2v) is 1.74. The van der Waals surface area contributed by atoms with E-state index in [2.05, 4.69) is 15.5 Å². The van der Waals surface area contributed by atoms with Crippen LogP contribution in [0.1, 0.15) is 0 Å². The molecule has 0 amide bonds. The monoisotopic (exact) mass is 149 g/mol. The minimum atomic E-state index is 0.593. The lowest BCUT2D eigenvalue weighted by Gasteiger charge is -1.94. The van der Waals surface area contributed by atoms with E-state index in [0.717, 1.165) is 6.21 Å². The summed E-state index contributed by atoms with van der Waals surface area (Å²) in [4.78, 5) is 13.7. The SMILES string of the molecule is O=CC=NNc1ccccn1. The van der Waals surface area contributed by atoms with Crippen LogP contribution in [0.4, 0.5) is 5.82 Å². The predicted octanol–water partition coefficient (Wildman–Crippen LogP) is 0.678. The zero-order chi connectivity index (χ0) is 7.94. The van der Waals surface area contributed by atoms with Gasteiger partial charge in [-0.1, -0.05) is 6.07 Å². The number of anilines is 1. The first-order valence-electron chi connectivity index (χ1n) is 3.07. The molecule has 0 aliphatic heterocycles. The van der Waals surface area contributed by atoms with Crippen molar-refractivity contribution in [2.45, 2.75) is 0 Å². The van der Waals surface area contributed by atoms with Crippen molar-refractivity contribution in [3.8, 4) is 0 Å². The van der Waals surface area contributed by atoms with Crippen molar-refractivity contribution in [1.82, 2.24) is 4.98 Å². The van der Waals surface area contributed by atoms with Gasteiger partial charge in [0.15, 0.2) is 6.29 Å². The van der Waals surface area contributed by atoms with Crippen molar-refractivity contribution in [2.75, 3.05) is 5.43 Å². The quantitative estimate of drug-likeness (QED) is 0.390. The molecule has 1 N–H and O–H groups in total. The van der Waals surface area contributed by atoms with E-state index in [4.69, 9.17) is 0 Å². The Labute approximate surface area is 64.0 Å². The van der Waals surface area contributed by atoms with Crippen molar-refractivity contribution in [3.05, 3.63) is 24.4 Å². The molecule has 4 heteroatoms. The number of rotatable bonds is 3. The van der Waals surface area contributed by atoms with Crippen molar-refractivity contribution >= 4 is 18.3 Å². The van der Waals surface area contributed by atoms with Gasteiger partial charge in [0, 0.05) is 6.20 Å². The Balaban J connectivity index is 2.51. The minimum Gasteiger partial charge on any atom is -0.297 e. The fraction of sp³-hybridized carbons (Fsp3) is 0. The first-order valence-corrected chi connectivity index (χ1v) is 3.07. The molecule has 0 aliphatic carbocycles. The highest BCUT2D eigenvalue weighted by Crippen LogP contribution is 1.97. The Morgan fingerprint density at radius 2 is 2.45 bits per heavy atom. The fourth-order valence-electron chi connectivity index (χ4n) is 0.563. The summed E-state index contributed by atoms with van der Waals surface area (Å²) in [6, 6.07) is 5.38. The van der Waals surface area contributed by atoms with Gasteiger partial charge in [0.1, 0.15) is 5.82 Å². The molecule has 0 saturated heterocycles. The third kappa shape index (κ3) is 2.57. The van der Waals surface area contributed by atoms with Gasteiger partial charge in [-0.05, 0) is 12.1 Å². The topological polar surface area (TPSA) is 54.4 Å². The first-order chi connectivity index (χ1) is 5.43. The summed E-state index contributed by atoms with van der Waals surface area (Å²) in [6.45, 7) is 0. The minimum absolute atomic E-state index is 0.593. The molecule has 0 bridgehead atoms. The average Bonchev–Trinajstić information content (AvgIpc) is 2.07. The zero-order valence-corrected chi connectivity index (χ0v) is 5.77. The fourth-order valence-corrected chi connectivity index (χ4v) is 0.563. The van der Waals surface area contributed by atoms with Crippen LogP contribution in [0.3, 0.4) is 0 Å². The largest absolute Gasteiger partial charge is 0.297 e. The number of hydrogen-bond donors (Lipinski definition) is 1. The van der Waals surface area contributed by atoms with Crippen molar-refractivity contribution in [3.63, 3.8) is 0 Å². The molecule has 0 aliphatic rings. The maximum Gasteiger partial charge on any atom is 0.162 e. The number of hydrazone groups is 1. The summed E-state index contributed by atoms with van der Waals surface area (Å²) in [5.74, 6) is 0.616. The van der Waals surface area contributed by atoms with Crippen LogP contribution in [-0.2, 0) is 4.79 Å². The van der Waals surface area contributed by atoms with E-state index in [9.17, 15) is 4.79 Å². The Hall–Kier alpha value is -1.71. The van der Waals surface area contributed by atoms with Gasteiger partial charge >= 0.3 is 0 Å². The molecule has 0 aromatic carbocycles. The molecule has 1 aromatic rings. The Kier molecular flexibility index (Phi) is 2.80. The number of nitrogens with zero attached hydrogens (tertiary/aromatic N) is 2. The summed E-state index contributed by atoms with van der Waals surface area (Å²) < 4.78 is 0. The summed E-state index contributed by atoms with van der Waals surface area (Å²) in [5.41, 5.74) is 2.57. The van der Waals surface area contributed by atoms with Gasteiger partial charge in [0.2, 0.25) is 0 Å². The van der Waals surface area contributed by atoms with Gasteiger partial charge in [0.25, 0.3) is 0 Å². The van der Waals surface area contributed by atoms with Gasteiger partial charge in [-0.2, -0.15) is 5.10 Å². The standard InChI is InChI=1S/C7H7N3O/c11-6-5-9-10-7-3-1-2-4-8-7/h1-6H,(H,8,10). The highest BCUT2D eigenvalue weighted by atomic mass is 16.1. The lowest BCUT2D eigenvalue weighted by atomic mass is 10.5. The van der Waals surface area contributed by atoms with Crippen molar-refractivity contribution < 1.29 is 4.79 Å². The number of nitrogens with one attached hydrogen (secondary N) is 1. The molecule has 1 rings (SSSR count). The van der Waals surface area contributed by atoms with E-state index in [1.54, 1.807) is 18.3 Å². The Bertz CT molecular complexity index is 245. The summed E-state index contributed by atoms with van der Waals surface area (Å²) in [6.07, 6.45) is 3.35. The molecule has 1 heterocycles. The molecular weight excluding hydrogens is 142 g/mol. The van der Waals surface area contributed by atoms with Crippen molar-refractivity contribution in [1.29, 1.82) is 0 Å². The zero-order valence-electron chi connectivity index (χ0n) is 5.77. The third-order valence-electron chi connectivity index (χ3n) is 0.979. The molecule has 0 spiro atoms. The van der Waals surface area contributed by atoms with Crippen LogP contribution in [0.2, 0.25) is 0 Å². The van der Waals surface area contributed by atoms with Crippen LogP contribution in [-0.4, -0.2) is 17.5 Å². The summed E-state index contributed by atoms with van der Waals surface area (Å²) in [5, 5.41) is 3.55. The van der Waals surface area contributed by atoms with E-state index < -0.39 is 0 Å². The Morgan fingerprint density at radius 3 is 3.09 bits per heavy atom. The lowest BCUT2D eigenvalue weighted by molar-refractivity contribution is -0.102. The number of pyridine rings is 1.